The number of hydrogen-bond donors (Lipinski definition) is 0. The van der Waals surface area contributed by atoms with Gasteiger partial charge in [-0.15, -0.1) is 6.07 Å². The van der Waals surface area contributed by atoms with Crippen LogP contribution in [0.5, 0.6) is 0 Å². The third kappa shape index (κ3) is 1.85. The number of hydrogen-bond acceptors (Lipinski definition) is 1. The van der Waals surface area contributed by atoms with Crippen molar-refractivity contribution in [3.8, 4) is 0 Å². The van der Waals surface area contributed by atoms with Gasteiger partial charge < -0.3 is 4.90 Å². The molecular formula is C11H14CrN-. The molecule has 2 rings (SSSR count). The van der Waals surface area contributed by atoms with Gasteiger partial charge in [-0.3, -0.25) is 0 Å². The van der Waals surface area contributed by atoms with Crippen molar-refractivity contribution in [3.05, 3.63) is 35.7 Å². The molecule has 0 amide bonds. The molecule has 0 aromatic heterocycles. The predicted molar refractivity (Wildman–Crippen MR) is 52.3 cm³/mol. The number of fused-ring (bicyclic) bond motifs is 1. The molecule has 1 aromatic carbocycles. The SMILES string of the molecule is C[C-]1CCN(C)c2ccccc21.[Cr]. The molecule has 0 N–H and O–H groups in total. The van der Waals surface area contributed by atoms with Crippen molar-refractivity contribution in [3.63, 3.8) is 0 Å². The van der Waals surface area contributed by atoms with Gasteiger partial charge in [-0.25, -0.2) is 0 Å². The summed E-state index contributed by atoms with van der Waals surface area (Å²) in [5.41, 5.74) is 2.80. The quantitative estimate of drug-likeness (QED) is 0.597. The largest absolute Gasteiger partial charge is 0.426 e. The fourth-order valence-electron chi connectivity index (χ4n) is 1.76. The summed E-state index contributed by atoms with van der Waals surface area (Å²) in [4.78, 5) is 2.32. The number of para-hydroxylation sites is 1. The second-order valence-electron chi connectivity index (χ2n) is 3.47. The van der Waals surface area contributed by atoms with E-state index in [0.29, 0.717) is 0 Å². The number of rotatable bonds is 0. The summed E-state index contributed by atoms with van der Waals surface area (Å²) in [5.74, 6) is 1.52. The van der Waals surface area contributed by atoms with E-state index in [9.17, 15) is 0 Å². The summed E-state index contributed by atoms with van der Waals surface area (Å²) in [6, 6.07) is 8.62. The number of benzene rings is 1. The third-order valence-electron chi connectivity index (χ3n) is 2.60. The molecule has 0 saturated carbocycles. The molecule has 0 atom stereocenters. The van der Waals surface area contributed by atoms with Crippen LogP contribution in [0.1, 0.15) is 18.9 Å². The Balaban J connectivity index is 0.000000845. The summed E-state index contributed by atoms with van der Waals surface area (Å²) in [6.45, 7) is 3.38. The molecule has 0 bridgehead atoms. The Bertz CT molecular complexity index is 256. The zero-order valence-corrected chi connectivity index (χ0v) is 9.35. The van der Waals surface area contributed by atoms with Crippen LogP contribution < -0.4 is 4.90 Å². The van der Waals surface area contributed by atoms with E-state index < -0.39 is 0 Å². The molecule has 1 aliphatic rings. The fraction of sp³-hybridized carbons (Fsp3) is 0.364. The Morgan fingerprint density at radius 3 is 2.69 bits per heavy atom. The fourth-order valence-corrected chi connectivity index (χ4v) is 1.76. The van der Waals surface area contributed by atoms with E-state index in [-0.39, 0.29) is 17.4 Å². The standard InChI is InChI=1S/C11H14N.Cr/c1-9-7-8-12(2)11-6-4-3-5-10(9)11;/h3-6H,7-8H2,1-2H3;/q-1;. The summed E-state index contributed by atoms with van der Waals surface area (Å²) in [5, 5.41) is 0. The Morgan fingerprint density at radius 2 is 2.00 bits per heavy atom. The monoisotopic (exact) mass is 212 g/mol. The maximum atomic E-state index is 2.32. The van der Waals surface area contributed by atoms with Crippen LogP contribution in [0.3, 0.4) is 0 Å². The zero-order valence-electron chi connectivity index (χ0n) is 8.08. The molecule has 0 aliphatic carbocycles. The van der Waals surface area contributed by atoms with E-state index in [0.717, 1.165) is 6.54 Å². The Morgan fingerprint density at radius 1 is 1.31 bits per heavy atom. The normalized spacial score (nSPS) is 14.9. The molecule has 13 heavy (non-hydrogen) atoms. The minimum absolute atomic E-state index is 0. The molecule has 1 heterocycles. The second-order valence-corrected chi connectivity index (χ2v) is 3.47. The van der Waals surface area contributed by atoms with Gasteiger partial charge in [0.05, 0.1) is 0 Å². The van der Waals surface area contributed by atoms with E-state index in [1.165, 1.54) is 23.6 Å². The van der Waals surface area contributed by atoms with Crippen molar-refractivity contribution in [2.75, 3.05) is 18.5 Å². The van der Waals surface area contributed by atoms with E-state index in [1.54, 1.807) is 0 Å². The molecule has 0 spiro atoms. The average Bonchev–Trinajstić information content (AvgIpc) is 2.12. The van der Waals surface area contributed by atoms with Gasteiger partial charge in [0, 0.05) is 17.4 Å². The third-order valence-corrected chi connectivity index (χ3v) is 2.60. The van der Waals surface area contributed by atoms with Gasteiger partial charge in [-0.1, -0.05) is 31.2 Å². The Kier molecular flexibility index (Phi) is 3.30. The summed E-state index contributed by atoms with van der Waals surface area (Å²) < 4.78 is 0. The van der Waals surface area contributed by atoms with Gasteiger partial charge >= 0.3 is 0 Å². The molecule has 0 saturated heterocycles. The topological polar surface area (TPSA) is 3.24 Å². The van der Waals surface area contributed by atoms with Crippen molar-refractivity contribution in [1.82, 2.24) is 0 Å². The van der Waals surface area contributed by atoms with Gasteiger partial charge in [0.2, 0.25) is 0 Å². The zero-order chi connectivity index (χ0) is 8.55. The van der Waals surface area contributed by atoms with Crippen LogP contribution >= 0.6 is 0 Å². The summed E-state index contributed by atoms with van der Waals surface area (Å²) >= 11 is 0. The van der Waals surface area contributed by atoms with Crippen molar-refractivity contribution in [2.24, 2.45) is 0 Å². The minimum Gasteiger partial charge on any atom is -0.426 e. The molecule has 1 aromatic rings. The smallest absolute Gasteiger partial charge is 0 e. The van der Waals surface area contributed by atoms with Gasteiger partial charge in [-0.05, 0) is 13.6 Å². The van der Waals surface area contributed by atoms with Gasteiger partial charge in [0.15, 0.2) is 0 Å². The Hall–Kier alpha value is -0.578. The van der Waals surface area contributed by atoms with Gasteiger partial charge in [0.25, 0.3) is 0 Å². The van der Waals surface area contributed by atoms with Crippen LogP contribution in [0.25, 0.3) is 0 Å². The van der Waals surface area contributed by atoms with Crippen molar-refractivity contribution < 1.29 is 17.4 Å². The van der Waals surface area contributed by atoms with Crippen molar-refractivity contribution in [2.45, 2.75) is 13.3 Å². The molecule has 70 valence electrons. The average molecular weight is 212 g/mol. The van der Waals surface area contributed by atoms with Crippen LogP contribution in [0.15, 0.2) is 24.3 Å². The van der Waals surface area contributed by atoms with Crippen LogP contribution in [0.2, 0.25) is 0 Å². The molecule has 2 heteroatoms. The molecule has 0 fully saturated rings. The van der Waals surface area contributed by atoms with E-state index in [2.05, 4.69) is 43.1 Å². The summed E-state index contributed by atoms with van der Waals surface area (Å²) in [7, 11) is 2.16. The second kappa shape index (κ2) is 4.09. The van der Waals surface area contributed by atoms with E-state index in [4.69, 9.17) is 0 Å². The first-order valence-electron chi connectivity index (χ1n) is 4.42. The van der Waals surface area contributed by atoms with Crippen molar-refractivity contribution >= 4 is 5.69 Å². The first kappa shape index (κ1) is 10.5. The van der Waals surface area contributed by atoms with Crippen LogP contribution in [-0.4, -0.2) is 13.6 Å². The Labute approximate surface area is 90.9 Å². The molecule has 1 nitrogen and oxygen atoms in total. The van der Waals surface area contributed by atoms with Crippen LogP contribution in [0, 0.1) is 5.92 Å². The predicted octanol–water partition coefficient (Wildman–Crippen LogP) is 2.47. The molecular weight excluding hydrogens is 198 g/mol. The first-order valence-corrected chi connectivity index (χ1v) is 4.42. The summed E-state index contributed by atoms with van der Waals surface area (Å²) in [6.07, 6.45) is 1.20. The maximum absolute atomic E-state index is 2.32. The number of nitrogens with zero attached hydrogens (tertiary/aromatic N) is 1. The molecule has 0 unspecified atom stereocenters. The molecule has 0 radical (unpaired) electrons. The number of anilines is 1. The van der Waals surface area contributed by atoms with Gasteiger partial charge in [0.1, 0.15) is 0 Å². The van der Waals surface area contributed by atoms with E-state index >= 15 is 0 Å². The van der Waals surface area contributed by atoms with Crippen molar-refractivity contribution in [1.29, 1.82) is 0 Å². The van der Waals surface area contributed by atoms with E-state index in [1.807, 2.05) is 0 Å². The van der Waals surface area contributed by atoms with Crippen LogP contribution in [0.4, 0.5) is 5.69 Å². The van der Waals surface area contributed by atoms with Gasteiger partial charge in [-0.2, -0.15) is 17.5 Å². The first-order chi connectivity index (χ1) is 5.79. The van der Waals surface area contributed by atoms with Crippen LogP contribution in [-0.2, 0) is 17.4 Å². The minimum atomic E-state index is 0. The maximum Gasteiger partial charge on any atom is 0 e. The molecule has 1 aliphatic heterocycles.